The van der Waals surface area contributed by atoms with E-state index in [4.69, 9.17) is 10.8 Å². The summed E-state index contributed by atoms with van der Waals surface area (Å²) in [5.41, 5.74) is 6.67. The fourth-order valence-electron chi connectivity index (χ4n) is 2.14. The van der Waals surface area contributed by atoms with Gasteiger partial charge in [0.15, 0.2) is 0 Å². The van der Waals surface area contributed by atoms with Gasteiger partial charge in [-0.1, -0.05) is 18.2 Å². The number of hydrogen-bond donors (Lipinski definition) is 3. The third-order valence-corrected chi connectivity index (χ3v) is 3.04. The van der Waals surface area contributed by atoms with E-state index in [1.165, 1.54) is 0 Å². The molecule has 2 aromatic rings. The topological polar surface area (TPSA) is 116 Å². The molecule has 2 rings (SSSR count). The number of carbonyl (C=O) groups is 3. The van der Waals surface area contributed by atoms with Crippen LogP contribution in [0.1, 0.15) is 5.56 Å². The van der Waals surface area contributed by atoms with Crippen molar-refractivity contribution in [3.8, 4) is 0 Å². The van der Waals surface area contributed by atoms with Gasteiger partial charge in [-0.2, -0.15) is 0 Å². The van der Waals surface area contributed by atoms with Crippen molar-refractivity contribution in [2.24, 2.45) is 5.73 Å². The Bertz CT molecular complexity index is 676. The predicted molar refractivity (Wildman–Crippen MR) is 75.4 cm³/mol. The molecule has 4 N–H and O–H groups in total. The average Bonchev–Trinajstić information content (AvgIpc) is 2.80. The largest absolute Gasteiger partial charge is 0.480 e. The number of rotatable bonds is 6. The Morgan fingerprint density at radius 1 is 1.19 bits per heavy atom. The maximum atomic E-state index is 12.2. The van der Waals surface area contributed by atoms with Crippen LogP contribution >= 0.6 is 0 Å². The Morgan fingerprint density at radius 2 is 1.90 bits per heavy atom. The van der Waals surface area contributed by atoms with E-state index in [0.717, 1.165) is 21.4 Å². The van der Waals surface area contributed by atoms with E-state index in [9.17, 15) is 14.4 Å². The van der Waals surface area contributed by atoms with E-state index in [1.54, 1.807) is 6.20 Å². The summed E-state index contributed by atoms with van der Waals surface area (Å²) in [5.74, 6) is -2.40. The highest BCUT2D eigenvalue weighted by Gasteiger charge is 2.20. The maximum Gasteiger partial charge on any atom is 0.323 e. The zero-order chi connectivity index (χ0) is 15.4. The van der Waals surface area contributed by atoms with Crippen LogP contribution < -0.4 is 5.73 Å². The van der Waals surface area contributed by atoms with Gasteiger partial charge in [-0.25, -0.2) is 0 Å². The fourth-order valence-corrected chi connectivity index (χ4v) is 2.14. The molecule has 0 atom stereocenters. The van der Waals surface area contributed by atoms with Crippen LogP contribution in [0, 0.1) is 0 Å². The summed E-state index contributed by atoms with van der Waals surface area (Å²) in [7, 11) is 0. The van der Waals surface area contributed by atoms with Crippen molar-refractivity contribution in [3.63, 3.8) is 0 Å². The average molecular weight is 289 g/mol. The smallest absolute Gasteiger partial charge is 0.323 e. The van der Waals surface area contributed by atoms with Gasteiger partial charge in [-0.05, 0) is 11.6 Å². The van der Waals surface area contributed by atoms with Gasteiger partial charge in [0.2, 0.25) is 11.8 Å². The molecule has 0 radical (unpaired) electrons. The first kappa shape index (κ1) is 14.6. The number of carboxylic acid groups (broad SMARTS) is 1. The number of amides is 2. The summed E-state index contributed by atoms with van der Waals surface area (Å²) in [6, 6.07) is 7.46. The normalized spacial score (nSPS) is 10.5. The minimum absolute atomic E-state index is 0.00454. The van der Waals surface area contributed by atoms with Crippen molar-refractivity contribution >= 4 is 28.7 Å². The summed E-state index contributed by atoms with van der Waals surface area (Å²) in [6.45, 7) is -0.961. The molecule has 0 aliphatic heterocycles. The number of carboxylic acids is 1. The summed E-state index contributed by atoms with van der Waals surface area (Å²) in [4.78, 5) is 37.8. The van der Waals surface area contributed by atoms with Crippen LogP contribution in [0.25, 0.3) is 10.9 Å². The van der Waals surface area contributed by atoms with Crippen molar-refractivity contribution in [3.05, 3.63) is 36.0 Å². The molecule has 1 aromatic carbocycles. The van der Waals surface area contributed by atoms with Crippen LogP contribution in [0.3, 0.4) is 0 Å². The number of H-pyrrole nitrogens is 1. The molecule has 1 heterocycles. The monoisotopic (exact) mass is 289 g/mol. The number of aliphatic carboxylic acids is 1. The van der Waals surface area contributed by atoms with Crippen LogP contribution in [-0.4, -0.2) is 45.9 Å². The Kier molecular flexibility index (Phi) is 4.22. The molecule has 1 aromatic heterocycles. The van der Waals surface area contributed by atoms with Crippen molar-refractivity contribution in [1.29, 1.82) is 0 Å². The molecule has 7 nitrogen and oxygen atoms in total. The molecule has 0 fully saturated rings. The number of nitrogens with two attached hydrogens (primary N) is 1. The van der Waals surface area contributed by atoms with Gasteiger partial charge >= 0.3 is 5.97 Å². The summed E-state index contributed by atoms with van der Waals surface area (Å²) < 4.78 is 0. The minimum Gasteiger partial charge on any atom is -0.480 e. The standard InChI is InChI=1S/C14H15N3O4/c15-12(18)7-17(8-14(20)21)13(19)5-9-6-16-11-4-2-1-3-10(9)11/h1-4,6,16H,5,7-8H2,(H2,15,18)(H,20,21). The third kappa shape index (κ3) is 3.59. The third-order valence-electron chi connectivity index (χ3n) is 3.04. The van der Waals surface area contributed by atoms with Crippen LogP contribution in [0.5, 0.6) is 0 Å². The fraction of sp³-hybridized carbons (Fsp3) is 0.214. The number of hydrogen-bond acceptors (Lipinski definition) is 3. The number of nitrogens with one attached hydrogen (secondary N) is 1. The Hall–Kier alpha value is -2.83. The number of aromatic amines is 1. The predicted octanol–water partition coefficient (Wildman–Crippen LogP) is 0.109. The SMILES string of the molecule is NC(=O)CN(CC(=O)O)C(=O)Cc1c[nH]c2ccccc12. The van der Waals surface area contributed by atoms with Gasteiger partial charge in [0, 0.05) is 17.1 Å². The zero-order valence-electron chi connectivity index (χ0n) is 11.2. The number of aromatic nitrogens is 1. The van der Waals surface area contributed by atoms with Crippen LogP contribution in [0.2, 0.25) is 0 Å². The van der Waals surface area contributed by atoms with E-state index in [-0.39, 0.29) is 6.42 Å². The van der Waals surface area contributed by atoms with Gasteiger partial charge in [0.1, 0.15) is 6.54 Å². The lowest BCUT2D eigenvalue weighted by atomic mass is 10.1. The first-order valence-corrected chi connectivity index (χ1v) is 6.30. The summed E-state index contributed by atoms with van der Waals surface area (Å²) in [5, 5.41) is 9.68. The van der Waals surface area contributed by atoms with E-state index in [2.05, 4.69) is 4.98 Å². The second kappa shape index (κ2) is 6.08. The molecule has 0 aliphatic rings. The van der Waals surface area contributed by atoms with Gasteiger partial charge < -0.3 is 20.7 Å². The first-order valence-electron chi connectivity index (χ1n) is 6.30. The van der Waals surface area contributed by atoms with E-state index in [0.29, 0.717) is 0 Å². The number of fused-ring (bicyclic) bond motifs is 1. The van der Waals surface area contributed by atoms with Gasteiger partial charge in [0.25, 0.3) is 0 Å². The summed E-state index contributed by atoms with van der Waals surface area (Å²) >= 11 is 0. The van der Waals surface area contributed by atoms with Crippen molar-refractivity contribution < 1.29 is 19.5 Å². The van der Waals surface area contributed by atoms with Crippen LogP contribution in [0.15, 0.2) is 30.5 Å². The lowest BCUT2D eigenvalue weighted by molar-refractivity contribution is -0.145. The highest BCUT2D eigenvalue weighted by molar-refractivity contribution is 5.91. The van der Waals surface area contributed by atoms with Crippen LogP contribution in [0.4, 0.5) is 0 Å². The second-order valence-corrected chi connectivity index (χ2v) is 4.65. The highest BCUT2D eigenvalue weighted by Crippen LogP contribution is 2.18. The van der Waals surface area contributed by atoms with Crippen molar-refractivity contribution in [2.75, 3.05) is 13.1 Å². The molecule has 0 aliphatic carbocycles. The lowest BCUT2D eigenvalue weighted by Crippen LogP contribution is -2.42. The molecule has 7 heteroatoms. The first-order chi connectivity index (χ1) is 9.97. The molecular formula is C14H15N3O4. The molecule has 0 unspecified atom stereocenters. The van der Waals surface area contributed by atoms with E-state index < -0.39 is 30.9 Å². The summed E-state index contributed by atoms with van der Waals surface area (Å²) in [6.07, 6.45) is 1.70. The molecular weight excluding hydrogens is 274 g/mol. The quantitative estimate of drug-likeness (QED) is 0.699. The number of nitrogens with zero attached hydrogens (tertiary/aromatic N) is 1. The van der Waals surface area contributed by atoms with E-state index >= 15 is 0 Å². The lowest BCUT2D eigenvalue weighted by Gasteiger charge is -2.18. The molecule has 0 bridgehead atoms. The maximum absolute atomic E-state index is 12.2. The zero-order valence-corrected chi connectivity index (χ0v) is 11.2. The Balaban J connectivity index is 2.17. The minimum atomic E-state index is -1.19. The second-order valence-electron chi connectivity index (χ2n) is 4.65. The van der Waals surface area contributed by atoms with E-state index in [1.807, 2.05) is 24.3 Å². The van der Waals surface area contributed by atoms with Gasteiger partial charge in [0.05, 0.1) is 13.0 Å². The molecule has 0 saturated carbocycles. The molecule has 110 valence electrons. The van der Waals surface area contributed by atoms with Crippen molar-refractivity contribution in [2.45, 2.75) is 6.42 Å². The number of primary amides is 1. The molecule has 0 spiro atoms. The molecule has 2 amide bonds. The number of benzene rings is 1. The Labute approximate surface area is 120 Å². The van der Waals surface area contributed by atoms with Crippen LogP contribution in [-0.2, 0) is 20.8 Å². The molecule has 21 heavy (non-hydrogen) atoms. The number of para-hydroxylation sites is 1. The number of carbonyl (C=O) groups excluding carboxylic acids is 2. The highest BCUT2D eigenvalue weighted by atomic mass is 16.4. The van der Waals surface area contributed by atoms with Gasteiger partial charge in [-0.3, -0.25) is 14.4 Å². The molecule has 0 saturated heterocycles. The van der Waals surface area contributed by atoms with Crippen molar-refractivity contribution in [1.82, 2.24) is 9.88 Å². The van der Waals surface area contributed by atoms with Gasteiger partial charge in [-0.15, -0.1) is 0 Å². The Morgan fingerprint density at radius 3 is 2.57 bits per heavy atom.